The third-order valence-corrected chi connectivity index (χ3v) is 6.31. The van der Waals surface area contributed by atoms with E-state index in [9.17, 15) is 13.2 Å². The standard InChI is InChI=1S/C25H24N2O4S/c1-3-17-27(32(29,30)24-11-6-5-7-12-24)22-15-13-20(14-16-22)25(28)26-21-9-8-10-23(19-21)31-18-4-2/h3-16,19H,1-2,17-18H2,(H,26,28). The van der Waals surface area contributed by atoms with Crippen LogP contribution in [0.4, 0.5) is 11.4 Å². The molecule has 0 aliphatic rings. The van der Waals surface area contributed by atoms with Crippen molar-refractivity contribution in [1.82, 2.24) is 0 Å². The Balaban J connectivity index is 1.79. The molecule has 0 aliphatic carbocycles. The fraction of sp³-hybridized carbons (Fsp3) is 0.0800. The van der Waals surface area contributed by atoms with Crippen LogP contribution in [0.1, 0.15) is 10.4 Å². The van der Waals surface area contributed by atoms with E-state index in [4.69, 9.17) is 4.74 Å². The van der Waals surface area contributed by atoms with Gasteiger partial charge in [0.25, 0.3) is 15.9 Å². The third kappa shape index (κ3) is 5.44. The molecule has 164 valence electrons. The molecular weight excluding hydrogens is 424 g/mol. The van der Waals surface area contributed by atoms with Crippen LogP contribution in [0.5, 0.6) is 5.75 Å². The summed E-state index contributed by atoms with van der Waals surface area (Å²) in [5.74, 6) is 0.294. The average Bonchev–Trinajstić information content (AvgIpc) is 2.82. The first kappa shape index (κ1) is 22.8. The summed E-state index contributed by atoms with van der Waals surface area (Å²) < 4.78 is 32.9. The number of anilines is 2. The fourth-order valence-electron chi connectivity index (χ4n) is 2.98. The summed E-state index contributed by atoms with van der Waals surface area (Å²) >= 11 is 0. The normalized spacial score (nSPS) is 10.8. The second kappa shape index (κ2) is 10.5. The molecule has 0 radical (unpaired) electrons. The summed E-state index contributed by atoms with van der Waals surface area (Å²) in [5, 5.41) is 2.81. The van der Waals surface area contributed by atoms with E-state index in [1.165, 1.54) is 10.4 Å². The van der Waals surface area contributed by atoms with Crippen LogP contribution in [-0.2, 0) is 10.0 Å². The zero-order valence-electron chi connectivity index (χ0n) is 17.5. The minimum Gasteiger partial charge on any atom is -0.489 e. The summed E-state index contributed by atoms with van der Waals surface area (Å²) in [6.45, 7) is 7.74. The zero-order chi connectivity index (χ0) is 23.0. The first-order valence-electron chi connectivity index (χ1n) is 9.89. The van der Waals surface area contributed by atoms with Crippen LogP contribution in [0.25, 0.3) is 0 Å². The first-order chi connectivity index (χ1) is 15.5. The maximum absolute atomic E-state index is 13.1. The SMILES string of the molecule is C=CCOc1cccc(NC(=O)c2ccc(N(CC=C)S(=O)(=O)c3ccccc3)cc2)c1. The molecule has 3 aromatic rings. The molecule has 0 bridgehead atoms. The minimum atomic E-state index is -3.77. The first-order valence-corrected chi connectivity index (χ1v) is 11.3. The van der Waals surface area contributed by atoms with Crippen LogP contribution in [-0.4, -0.2) is 27.5 Å². The lowest BCUT2D eigenvalue weighted by Crippen LogP contribution is -2.31. The lowest BCUT2D eigenvalue weighted by Gasteiger charge is -2.23. The van der Waals surface area contributed by atoms with Crippen molar-refractivity contribution in [3.63, 3.8) is 0 Å². The number of ether oxygens (including phenoxy) is 1. The highest BCUT2D eigenvalue weighted by Crippen LogP contribution is 2.24. The van der Waals surface area contributed by atoms with E-state index in [1.54, 1.807) is 84.9 Å². The monoisotopic (exact) mass is 448 g/mol. The number of hydrogen-bond acceptors (Lipinski definition) is 4. The molecule has 1 N–H and O–H groups in total. The number of sulfonamides is 1. The summed E-state index contributed by atoms with van der Waals surface area (Å²) in [5.41, 5.74) is 1.41. The van der Waals surface area contributed by atoms with Gasteiger partial charge in [-0.15, -0.1) is 6.58 Å². The number of amides is 1. The van der Waals surface area contributed by atoms with Crippen molar-refractivity contribution in [3.05, 3.63) is 110 Å². The molecule has 0 aliphatic heterocycles. The topological polar surface area (TPSA) is 75.7 Å². The Morgan fingerprint density at radius 2 is 1.66 bits per heavy atom. The van der Waals surface area contributed by atoms with Crippen LogP contribution in [0, 0.1) is 0 Å². The van der Waals surface area contributed by atoms with E-state index in [-0.39, 0.29) is 17.3 Å². The molecule has 0 heterocycles. The minimum absolute atomic E-state index is 0.0975. The lowest BCUT2D eigenvalue weighted by atomic mass is 10.2. The van der Waals surface area contributed by atoms with Gasteiger partial charge < -0.3 is 10.1 Å². The highest BCUT2D eigenvalue weighted by atomic mass is 32.2. The molecule has 7 heteroatoms. The maximum atomic E-state index is 13.1. The van der Waals surface area contributed by atoms with E-state index >= 15 is 0 Å². The van der Waals surface area contributed by atoms with Crippen molar-refractivity contribution in [2.45, 2.75) is 4.90 Å². The van der Waals surface area contributed by atoms with Gasteiger partial charge >= 0.3 is 0 Å². The third-order valence-electron chi connectivity index (χ3n) is 4.50. The predicted octanol–water partition coefficient (Wildman–Crippen LogP) is 4.89. The molecule has 32 heavy (non-hydrogen) atoms. The molecule has 0 spiro atoms. The van der Waals surface area contributed by atoms with Gasteiger partial charge in [-0.1, -0.05) is 43.0 Å². The highest BCUT2D eigenvalue weighted by Gasteiger charge is 2.24. The quantitative estimate of drug-likeness (QED) is 0.448. The van der Waals surface area contributed by atoms with E-state index in [2.05, 4.69) is 18.5 Å². The number of rotatable bonds is 10. The van der Waals surface area contributed by atoms with Crippen LogP contribution in [0.2, 0.25) is 0 Å². The Morgan fingerprint density at radius 1 is 0.938 bits per heavy atom. The van der Waals surface area contributed by atoms with Crippen LogP contribution >= 0.6 is 0 Å². The largest absolute Gasteiger partial charge is 0.489 e. The Morgan fingerprint density at radius 3 is 2.31 bits per heavy atom. The maximum Gasteiger partial charge on any atom is 0.264 e. The zero-order valence-corrected chi connectivity index (χ0v) is 18.3. The molecular formula is C25H24N2O4S. The number of nitrogens with zero attached hydrogens (tertiary/aromatic N) is 1. The number of hydrogen-bond donors (Lipinski definition) is 1. The van der Waals surface area contributed by atoms with Crippen LogP contribution < -0.4 is 14.4 Å². The summed E-state index contributed by atoms with van der Waals surface area (Å²) in [4.78, 5) is 12.8. The molecule has 0 saturated carbocycles. The predicted molar refractivity (Wildman–Crippen MR) is 128 cm³/mol. The van der Waals surface area contributed by atoms with E-state index < -0.39 is 10.0 Å². The Kier molecular flexibility index (Phi) is 7.46. The van der Waals surface area contributed by atoms with Crippen molar-refractivity contribution in [3.8, 4) is 5.75 Å². The lowest BCUT2D eigenvalue weighted by molar-refractivity contribution is 0.102. The van der Waals surface area contributed by atoms with Gasteiger partial charge in [0.05, 0.1) is 17.1 Å². The molecule has 0 aromatic heterocycles. The van der Waals surface area contributed by atoms with Crippen LogP contribution in [0.15, 0.2) is 109 Å². The van der Waals surface area contributed by atoms with E-state index in [0.29, 0.717) is 29.3 Å². The Hall–Kier alpha value is -3.84. The van der Waals surface area contributed by atoms with Gasteiger partial charge in [-0.2, -0.15) is 0 Å². The number of nitrogens with one attached hydrogen (secondary N) is 1. The number of carbonyl (C=O) groups is 1. The van der Waals surface area contributed by atoms with Gasteiger partial charge in [-0.3, -0.25) is 9.10 Å². The summed E-state index contributed by atoms with van der Waals surface area (Å²) in [7, 11) is -3.77. The van der Waals surface area contributed by atoms with Gasteiger partial charge in [-0.25, -0.2) is 8.42 Å². The van der Waals surface area contributed by atoms with Crippen molar-refractivity contribution < 1.29 is 17.9 Å². The molecule has 1 amide bonds. The van der Waals surface area contributed by atoms with Crippen molar-refractivity contribution in [2.24, 2.45) is 0 Å². The second-order valence-corrected chi connectivity index (χ2v) is 8.63. The average molecular weight is 449 g/mol. The van der Waals surface area contributed by atoms with E-state index in [1.807, 2.05) is 0 Å². The van der Waals surface area contributed by atoms with Crippen molar-refractivity contribution in [1.29, 1.82) is 0 Å². The molecule has 0 saturated heterocycles. The molecule has 6 nitrogen and oxygen atoms in total. The molecule has 3 aromatic carbocycles. The van der Waals surface area contributed by atoms with Gasteiger partial charge in [0, 0.05) is 17.3 Å². The number of carbonyl (C=O) groups excluding carboxylic acids is 1. The van der Waals surface area contributed by atoms with Gasteiger partial charge in [0.1, 0.15) is 12.4 Å². The second-order valence-electron chi connectivity index (χ2n) is 6.77. The smallest absolute Gasteiger partial charge is 0.264 e. The van der Waals surface area contributed by atoms with Crippen molar-refractivity contribution in [2.75, 3.05) is 22.8 Å². The summed E-state index contributed by atoms with van der Waals surface area (Å²) in [6, 6.07) is 21.6. The molecule has 0 atom stereocenters. The van der Waals surface area contributed by atoms with E-state index in [0.717, 1.165) is 0 Å². The molecule has 0 unspecified atom stereocenters. The Bertz CT molecular complexity index is 1190. The van der Waals surface area contributed by atoms with Crippen LogP contribution in [0.3, 0.4) is 0 Å². The van der Waals surface area contributed by atoms with Gasteiger partial charge in [-0.05, 0) is 48.5 Å². The molecule has 0 fully saturated rings. The molecule has 3 rings (SSSR count). The van der Waals surface area contributed by atoms with Gasteiger partial charge in [0.2, 0.25) is 0 Å². The number of benzene rings is 3. The fourth-order valence-corrected chi connectivity index (χ4v) is 4.44. The van der Waals surface area contributed by atoms with Gasteiger partial charge in [0.15, 0.2) is 0 Å². The summed E-state index contributed by atoms with van der Waals surface area (Å²) in [6.07, 6.45) is 3.16. The van der Waals surface area contributed by atoms with Crippen molar-refractivity contribution >= 4 is 27.3 Å². The highest BCUT2D eigenvalue weighted by molar-refractivity contribution is 7.92. The Labute approximate surface area is 188 Å².